The van der Waals surface area contributed by atoms with Crippen molar-refractivity contribution in [1.82, 2.24) is 0 Å². The average molecular weight is 324 g/mol. The normalized spacial score (nSPS) is 11.5. The van der Waals surface area contributed by atoms with Gasteiger partial charge in [0, 0.05) is 0 Å². The summed E-state index contributed by atoms with van der Waals surface area (Å²) in [7, 11) is -3.07. The third-order valence-electron chi connectivity index (χ3n) is 3.70. The minimum atomic E-state index is -3.07. The summed E-state index contributed by atoms with van der Waals surface area (Å²) in [5.74, 6) is 0. The minimum Gasteiger partial charge on any atom is -0.309 e. The van der Waals surface area contributed by atoms with Crippen LogP contribution in [0.25, 0.3) is 0 Å². The van der Waals surface area contributed by atoms with Gasteiger partial charge in [-0.05, 0) is 70.2 Å². The van der Waals surface area contributed by atoms with Crippen LogP contribution in [0.15, 0.2) is 23.8 Å². The summed E-state index contributed by atoms with van der Waals surface area (Å²) >= 11 is 0. The van der Waals surface area contributed by atoms with E-state index >= 15 is 0 Å². The highest BCUT2D eigenvalue weighted by Gasteiger charge is 2.25. The zero-order valence-electron chi connectivity index (χ0n) is 14.7. The monoisotopic (exact) mass is 324 g/mol. The fourth-order valence-corrected chi connectivity index (χ4v) is 4.16. The molecule has 1 aromatic rings. The molecule has 0 N–H and O–H groups in total. The van der Waals surface area contributed by atoms with Gasteiger partial charge in [0.05, 0.1) is 19.4 Å². The van der Waals surface area contributed by atoms with Crippen molar-refractivity contribution in [2.45, 2.75) is 54.1 Å². The Hall–Kier alpha value is -0.890. The van der Waals surface area contributed by atoms with Crippen molar-refractivity contribution in [3.05, 3.63) is 46.0 Å². The number of allylic oxidation sites excluding steroid dienone is 2. The maximum absolute atomic E-state index is 12.8. The van der Waals surface area contributed by atoms with Gasteiger partial charge in [-0.25, -0.2) is 0 Å². The second kappa shape index (κ2) is 8.67. The van der Waals surface area contributed by atoms with Gasteiger partial charge < -0.3 is 9.05 Å². The van der Waals surface area contributed by atoms with Crippen LogP contribution in [0, 0.1) is 13.8 Å². The van der Waals surface area contributed by atoms with Gasteiger partial charge >= 0.3 is 7.60 Å². The summed E-state index contributed by atoms with van der Waals surface area (Å²) in [6, 6.07) is 4.14. The Morgan fingerprint density at radius 1 is 1.14 bits per heavy atom. The first kappa shape index (κ1) is 19.2. The van der Waals surface area contributed by atoms with Crippen LogP contribution in [-0.2, 0) is 26.2 Å². The maximum atomic E-state index is 12.8. The van der Waals surface area contributed by atoms with Crippen molar-refractivity contribution in [3.63, 3.8) is 0 Å². The Kier molecular flexibility index (Phi) is 7.55. The van der Waals surface area contributed by atoms with Gasteiger partial charge in [-0.2, -0.15) is 0 Å². The highest BCUT2D eigenvalue weighted by molar-refractivity contribution is 7.53. The number of hydrogen-bond acceptors (Lipinski definition) is 3. The molecule has 0 aromatic heterocycles. The Bertz CT molecular complexity index is 562. The lowest BCUT2D eigenvalue weighted by Gasteiger charge is -2.20. The van der Waals surface area contributed by atoms with Crippen LogP contribution in [0.4, 0.5) is 0 Å². The van der Waals surface area contributed by atoms with Crippen LogP contribution in [-0.4, -0.2) is 13.2 Å². The molecule has 1 rings (SSSR count). The van der Waals surface area contributed by atoms with Crippen LogP contribution in [0.1, 0.15) is 49.9 Å². The van der Waals surface area contributed by atoms with E-state index < -0.39 is 7.60 Å². The highest BCUT2D eigenvalue weighted by atomic mass is 31.2. The molecule has 0 radical (unpaired) electrons. The van der Waals surface area contributed by atoms with Gasteiger partial charge in [0.25, 0.3) is 0 Å². The van der Waals surface area contributed by atoms with Crippen molar-refractivity contribution in [2.75, 3.05) is 13.2 Å². The second-order valence-electron chi connectivity index (χ2n) is 5.74. The molecular formula is C18H29O3P. The lowest BCUT2D eigenvalue weighted by atomic mass is 9.95. The van der Waals surface area contributed by atoms with Crippen molar-refractivity contribution < 1.29 is 13.6 Å². The first-order valence-corrected chi connectivity index (χ1v) is 9.65. The van der Waals surface area contributed by atoms with E-state index in [0.717, 1.165) is 12.0 Å². The van der Waals surface area contributed by atoms with Crippen molar-refractivity contribution in [1.29, 1.82) is 0 Å². The first-order chi connectivity index (χ1) is 10.3. The molecule has 1 aromatic carbocycles. The third kappa shape index (κ3) is 5.39. The van der Waals surface area contributed by atoms with E-state index in [1.807, 2.05) is 13.8 Å². The van der Waals surface area contributed by atoms with Crippen molar-refractivity contribution >= 4 is 7.60 Å². The summed E-state index contributed by atoms with van der Waals surface area (Å²) in [5.41, 5.74) is 6.09. The lowest BCUT2D eigenvalue weighted by molar-refractivity contribution is 0.219. The Morgan fingerprint density at radius 3 is 2.23 bits per heavy atom. The van der Waals surface area contributed by atoms with Gasteiger partial charge in [0.2, 0.25) is 0 Å². The van der Waals surface area contributed by atoms with Crippen LogP contribution < -0.4 is 0 Å². The predicted molar refractivity (Wildman–Crippen MR) is 93.6 cm³/mol. The summed E-state index contributed by atoms with van der Waals surface area (Å²) in [6.45, 7) is 12.9. The first-order valence-electron chi connectivity index (χ1n) is 7.92. The van der Waals surface area contributed by atoms with Gasteiger partial charge in [-0.3, -0.25) is 4.57 Å². The molecule has 22 heavy (non-hydrogen) atoms. The number of rotatable bonds is 8. The summed E-state index contributed by atoms with van der Waals surface area (Å²) in [5, 5.41) is 0. The van der Waals surface area contributed by atoms with Crippen LogP contribution in [0.2, 0.25) is 0 Å². The van der Waals surface area contributed by atoms with Crippen LogP contribution in [0.5, 0.6) is 0 Å². The van der Waals surface area contributed by atoms with Gasteiger partial charge in [0.15, 0.2) is 0 Å². The molecule has 0 saturated carbocycles. The van der Waals surface area contributed by atoms with Crippen molar-refractivity contribution in [3.8, 4) is 0 Å². The van der Waals surface area contributed by atoms with Gasteiger partial charge in [0.1, 0.15) is 0 Å². The molecule has 0 atom stereocenters. The van der Waals surface area contributed by atoms with Crippen molar-refractivity contribution in [2.24, 2.45) is 0 Å². The zero-order chi connectivity index (χ0) is 16.8. The lowest BCUT2D eigenvalue weighted by Crippen LogP contribution is -2.04. The number of aryl methyl sites for hydroxylation is 1. The quantitative estimate of drug-likeness (QED) is 0.462. The second-order valence-corrected chi connectivity index (χ2v) is 7.79. The summed E-state index contributed by atoms with van der Waals surface area (Å²) in [6.07, 6.45) is 3.39. The predicted octanol–water partition coefficient (Wildman–Crippen LogP) is 5.58. The standard InChI is InChI=1S/C18H29O3P/c1-7-20-22(19,21-8-2)13-17-11-10-15(5)16(6)18(17)12-9-14(3)4/h9-11H,7-8,12-13H2,1-6H3. The van der Waals surface area contributed by atoms with E-state index in [9.17, 15) is 4.57 Å². The molecule has 0 aliphatic heterocycles. The Balaban J connectivity index is 3.20. The van der Waals surface area contributed by atoms with E-state index in [1.54, 1.807) is 0 Å². The van der Waals surface area contributed by atoms with E-state index in [0.29, 0.717) is 19.4 Å². The molecule has 3 nitrogen and oxygen atoms in total. The molecule has 0 amide bonds. The number of benzene rings is 1. The van der Waals surface area contributed by atoms with E-state index in [1.165, 1.54) is 22.3 Å². The maximum Gasteiger partial charge on any atom is 0.335 e. The molecule has 4 heteroatoms. The molecule has 0 aliphatic rings. The Labute approximate surface area is 135 Å². The van der Waals surface area contributed by atoms with Gasteiger partial charge in [-0.1, -0.05) is 23.8 Å². The largest absolute Gasteiger partial charge is 0.335 e. The van der Waals surface area contributed by atoms with Gasteiger partial charge in [-0.15, -0.1) is 0 Å². The minimum absolute atomic E-state index is 0.335. The topological polar surface area (TPSA) is 35.5 Å². The number of hydrogen-bond donors (Lipinski definition) is 0. The molecule has 0 bridgehead atoms. The van der Waals surface area contributed by atoms with Crippen LogP contribution in [0.3, 0.4) is 0 Å². The molecular weight excluding hydrogens is 295 g/mol. The van der Waals surface area contributed by atoms with Crippen LogP contribution >= 0.6 is 7.60 Å². The molecule has 0 heterocycles. The summed E-state index contributed by atoms with van der Waals surface area (Å²) < 4.78 is 23.7. The van der Waals surface area contributed by atoms with E-state index in [-0.39, 0.29) is 0 Å². The smallest absolute Gasteiger partial charge is 0.309 e. The molecule has 0 unspecified atom stereocenters. The third-order valence-corrected chi connectivity index (χ3v) is 5.73. The highest BCUT2D eigenvalue weighted by Crippen LogP contribution is 2.52. The summed E-state index contributed by atoms with van der Waals surface area (Å²) in [4.78, 5) is 0. The SMILES string of the molecule is CCOP(=O)(Cc1ccc(C)c(C)c1CC=C(C)C)OCC. The fourth-order valence-electron chi connectivity index (χ4n) is 2.40. The molecule has 0 spiro atoms. The van der Waals surface area contributed by atoms with E-state index in [2.05, 4.69) is 45.9 Å². The molecule has 124 valence electrons. The van der Waals surface area contributed by atoms with E-state index in [4.69, 9.17) is 9.05 Å². The molecule has 0 fully saturated rings. The Morgan fingerprint density at radius 2 is 1.73 bits per heavy atom. The fraction of sp³-hybridized carbons (Fsp3) is 0.556. The zero-order valence-corrected chi connectivity index (χ0v) is 15.6. The molecule has 0 aliphatic carbocycles. The molecule has 0 saturated heterocycles. The average Bonchev–Trinajstić information content (AvgIpc) is 2.42.